The van der Waals surface area contributed by atoms with E-state index in [0.717, 1.165) is 96.3 Å². The number of hydrogen-bond acceptors (Lipinski definition) is 5. The number of allylic oxidation sites excluding steroid dienone is 10. The van der Waals surface area contributed by atoms with Crippen LogP contribution in [0.15, 0.2) is 60.8 Å². The molecule has 0 saturated heterocycles. The number of rotatable bonds is 54. The van der Waals surface area contributed by atoms with Gasteiger partial charge in [-0.1, -0.05) is 274 Å². The minimum atomic E-state index is -0.798. The molecule has 402 valence electrons. The summed E-state index contributed by atoms with van der Waals surface area (Å²) in [5.74, 6) is -0.506. The molecular formula is C63H115NO5. The second kappa shape index (κ2) is 56.5. The molecule has 0 rings (SSSR count). The molecule has 0 heterocycles. The zero-order valence-corrected chi connectivity index (χ0v) is 45.9. The molecule has 0 radical (unpaired) electrons. The smallest absolute Gasteiger partial charge is 0.306 e. The van der Waals surface area contributed by atoms with Crippen molar-refractivity contribution in [3.05, 3.63) is 60.8 Å². The van der Waals surface area contributed by atoms with E-state index in [1.54, 1.807) is 0 Å². The van der Waals surface area contributed by atoms with Crippen LogP contribution in [0.2, 0.25) is 0 Å². The first-order valence-electron chi connectivity index (χ1n) is 30.1. The molecule has 0 spiro atoms. The Bertz CT molecular complexity index is 1220. The number of carbonyl (C=O) groups is 2. The molecule has 6 nitrogen and oxygen atoms in total. The van der Waals surface area contributed by atoms with Crippen molar-refractivity contribution in [3.63, 3.8) is 0 Å². The first-order valence-corrected chi connectivity index (χ1v) is 30.1. The van der Waals surface area contributed by atoms with Gasteiger partial charge in [0.25, 0.3) is 0 Å². The predicted octanol–water partition coefficient (Wildman–Crippen LogP) is 18.7. The number of carbonyl (C=O) groups excluding carboxylic acids is 2. The first kappa shape index (κ1) is 66.6. The first-order chi connectivity index (χ1) is 34.0. The number of unbranched alkanes of at least 4 members (excludes halogenated alkanes) is 35. The number of amides is 1. The normalized spacial score (nSPS) is 13.5. The fourth-order valence-corrected chi connectivity index (χ4v) is 9.09. The molecular weight excluding hydrogens is 851 g/mol. The van der Waals surface area contributed by atoms with Crippen LogP contribution in [0.1, 0.15) is 303 Å². The quantitative estimate of drug-likeness (QED) is 0.0244. The minimum Gasteiger partial charge on any atom is -0.462 e. The topological polar surface area (TPSA) is 95.9 Å². The van der Waals surface area contributed by atoms with E-state index in [2.05, 4.69) is 86.8 Å². The molecule has 1 amide bonds. The number of esters is 1. The van der Waals surface area contributed by atoms with Crippen LogP contribution in [0, 0.1) is 0 Å². The highest BCUT2D eigenvalue weighted by Gasteiger charge is 2.24. The monoisotopic (exact) mass is 966 g/mol. The Kier molecular flexibility index (Phi) is 54.5. The van der Waals surface area contributed by atoms with Crippen molar-refractivity contribution in [2.75, 3.05) is 6.61 Å². The molecule has 3 unspecified atom stereocenters. The van der Waals surface area contributed by atoms with Crippen molar-refractivity contribution in [2.45, 2.75) is 322 Å². The van der Waals surface area contributed by atoms with Crippen molar-refractivity contribution in [3.8, 4) is 0 Å². The van der Waals surface area contributed by atoms with Crippen molar-refractivity contribution >= 4 is 11.9 Å². The second-order valence-corrected chi connectivity index (χ2v) is 20.5. The fourth-order valence-electron chi connectivity index (χ4n) is 9.09. The highest BCUT2D eigenvalue weighted by molar-refractivity contribution is 5.77. The van der Waals surface area contributed by atoms with Crippen LogP contribution in [-0.2, 0) is 14.3 Å². The summed E-state index contributed by atoms with van der Waals surface area (Å²) in [5, 5.41) is 23.9. The molecule has 0 aliphatic carbocycles. The molecule has 69 heavy (non-hydrogen) atoms. The van der Waals surface area contributed by atoms with Gasteiger partial charge in [0.05, 0.1) is 25.2 Å². The second-order valence-electron chi connectivity index (χ2n) is 20.5. The number of aliphatic hydroxyl groups is 2. The average Bonchev–Trinajstić information content (AvgIpc) is 3.34. The van der Waals surface area contributed by atoms with Crippen LogP contribution in [0.25, 0.3) is 0 Å². The van der Waals surface area contributed by atoms with Crippen LogP contribution in [0.4, 0.5) is 0 Å². The Morgan fingerprint density at radius 3 is 1.20 bits per heavy atom. The highest BCUT2D eigenvalue weighted by atomic mass is 16.5. The van der Waals surface area contributed by atoms with E-state index in [4.69, 9.17) is 4.74 Å². The summed E-state index contributed by atoms with van der Waals surface area (Å²) in [7, 11) is 0. The highest BCUT2D eigenvalue weighted by Crippen LogP contribution is 2.18. The number of ether oxygens (including phenoxy) is 1. The Labute approximate surface area is 428 Å². The minimum absolute atomic E-state index is 0.0574. The molecule has 0 aliphatic heterocycles. The van der Waals surface area contributed by atoms with E-state index in [1.807, 2.05) is 0 Å². The lowest BCUT2D eigenvalue weighted by molar-refractivity contribution is -0.151. The van der Waals surface area contributed by atoms with Crippen LogP contribution in [0.3, 0.4) is 0 Å². The van der Waals surface area contributed by atoms with Gasteiger partial charge in [0, 0.05) is 6.42 Å². The third-order valence-electron chi connectivity index (χ3n) is 13.7. The van der Waals surface area contributed by atoms with Gasteiger partial charge >= 0.3 is 5.97 Å². The van der Waals surface area contributed by atoms with Crippen molar-refractivity contribution in [1.82, 2.24) is 5.32 Å². The van der Waals surface area contributed by atoms with E-state index in [1.165, 1.54) is 161 Å². The van der Waals surface area contributed by atoms with Gasteiger partial charge in [-0.05, 0) is 77.0 Å². The summed E-state index contributed by atoms with van der Waals surface area (Å²) in [6.07, 6.45) is 71.4. The average molecular weight is 967 g/mol. The molecule has 6 heteroatoms. The number of aliphatic hydroxyl groups excluding tert-OH is 2. The third-order valence-corrected chi connectivity index (χ3v) is 13.7. The third kappa shape index (κ3) is 51.7. The van der Waals surface area contributed by atoms with Crippen molar-refractivity contribution in [2.24, 2.45) is 0 Å². The summed E-state index contributed by atoms with van der Waals surface area (Å²) in [5.41, 5.74) is 0. The maximum Gasteiger partial charge on any atom is 0.306 e. The van der Waals surface area contributed by atoms with Crippen LogP contribution in [-0.4, -0.2) is 46.9 Å². The zero-order chi connectivity index (χ0) is 50.2. The summed E-state index contributed by atoms with van der Waals surface area (Å²) < 4.78 is 5.96. The summed E-state index contributed by atoms with van der Waals surface area (Å²) in [6, 6.07) is -0.714. The fraction of sp³-hybridized carbons (Fsp3) is 0.810. The predicted molar refractivity (Wildman–Crippen MR) is 301 cm³/mol. The summed E-state index contributed by atoms with van der Waals surface area (Å²) in [4.78, 5) is 26.3. The number of hydrogen-bond donors (Lipinski definition) is 3. The lowest BCUT2D eigenvalue weighted by atomic mass is 10.0. The lowest BCUT2D eigenvalue weighted by Gasteiger charge is -2.24. The van der Waals surface area contributed by atoms with Crippen molar-refractivity contribution < 1.29 is 24.5 Å². The van der Waals surface area contributed by atoms with Gasteiger partial charge in [0.15, 0.2) is 0 Å². The standard InChI is InChI=1S/C63H115NO5/c1-4-7-10-13-16-19-22-25-28-31-32-35-38-41-44-47-50-53-56-63(68)69-59(54-51-48-45-42-39-36-33-29-26-23-20-17-14-11-8-5-2)57-62(67)64-60(58-65)61(66)55-52-49-46-43-40-37-34-30-27-24-21-18-15-12-9-6-3/h16,19,22,25,28,31-32,35-36,39,59-61,65-66H,4-15,17-18,20-21,23-24,26-27,29-30,33-34,37-38,40-58H2,1-3H3,(H,64,67)/b19-16+,25-22+,31-28+,35-32+,39-36+. The molecule has 3 atom stereocenters. The Balaban J connectivity index is 4.61. The van der Waals surface area contributed by atoms with Crippen LogP contribution in [0.5, 0.6) is 0 Å². The zero-order valence-electron chi connectivity index (χ0n) is 45.9. The van der Waals surface area contributed by atoms with Crippen LogP contribution < -0.4 is 5.32 Å². The van der Waals surface area contributed by atoms with Gasteiger partial charge in [-0.3, -0.25) is 9.59 Å². The lowest BCUT2D eigenvalue weighted by Crippen LogP contribution is -2.46. The van der Waals surface area contributed by atoms with Gasteiger partial charge in [-0.25, -0.2) is 0 Å². The van der Waals surface area contributed by atoms with Crippen LogP contribution >= 0.6 is 0 Å². The van der Waals surface area contributed by atoms with E-state index in [-0.39, 0.29) is 24.9 Å². The number of nitrogens with one attached hydrogen (secondary N) is 1. The molecule has 0 aliphatic rings. The molecule has 3 N–H and O–H groups in total. The van der Waals surface area contributed by atoms with E-state index in [9.17, 15) is 19.8 Å². The van der Waals surface area contributed by atoms with Gasteiger partial charge in [-0.2, -0.15) is 0 Å². The van der Waals surface area contributed by atoms with E-state index in [0.29, 0.717) is 19.3 Å². The van der Waals surface area contributed by atoms with Crippen molar-refractivity contribution in [1.29, 1.82) is 0 Å². The molecule has 0 aromatic carbocycles. The summed E-state index contributed by atoms with van der Waals surface area (Å²) in [6.45, 7) is 6.47. The molecule has 0 saturated carbocycles. The van der Waals surface area contributed by atoms with E-state index < -0.39 is 18.2 Å². The Morgan fingerprint density at radius 1 is 0.420 bits per heavy atom. The van der Waals surface area contributed by atoms with E-state index >= 15 is 0 Å². The Morgan fingerprint density at radius 2 is 0.754 bits per heavy atom. The maximum absolute atomic E-state index is 13.3. The van der Waals surface area contributed by atoms with Gasteiger partial charge in [0.2, 0.25) is 5.91 Å². The molecule has 0 aromatic rings. The van der Waals surface area contributed by atoms with Gasteiger partial charge in [0.1, 0.15) is 6.10 Å². The molecule has 0 fully saturated rings. The van der Waals surface area contributed by atoms with Gasteiger partial charge < -0.3 is 20.3 Å². The van der Waals surface area contributed by atoms with Gasteiger partial charge in [-0.15, -0.1) is 0 Å². The Hall–Kier alpha value is -2.44. The largest absolute Gasteiger partial charge is 0.462 e. The summed E-state index contributed by atoms with van der Waals surface area (Å²) >= 11 is 0. The molecule has 0 bridgehead atoms. The maximum atomic E-state index is 13.3. The molecule has 0 aromatic heterocycles. The SMILES string of the molecule is CCCCC/C=C/C=C/C=C/C=C/CCCCCCCC(=O)OC(CCCCC/C=C/CCCCCCCCCCC)CC(=O)NC(CO)C(O)CCCCCCCCCCCCCCCCCC.